The molecule has 0 saturated heterocycles. The van der Waals surface area contributed by atoms with Crippen molar-refractivity contribution in [2.75, 3.05) is 20.3 Å². The van der Waals surface area contributed by atoms with Gasteiger partial charge in [-0.2, -0.15) is 0 Å². The van der Waals surface area contributed by atoms with E-state index in [1.165, 1.54) is 5.56 Å². The highest BCUT2D eigenvalue weighted by atomic mass is 16.7. The molecule has 0 atom stereocenters. The topological polar surface area (TPSA) is 62.1 Å². The van der Waals surface area contributed by atoms with Gasteiger partial charge in [0, 0.05) is 22.5 Å². The van der Waals surface area contributed by atoms with Crippen molar-refractivity contribution in [1.29, 1.82) is 0 Å². The van der Waals surface area contributed by atoms with Crippen LogP contribution in [-0.4, -0.2) is 36.6 Å². The van der Waals surface area contributed by atoms with Crippen molar-refractivity contribution in [2.24, 2.45) is 5.16 Å². The molecule has 0 bridgehead atoms. The standard InChI is InChI=1S/C25H28N2O4/c1-6-30-25(28)16-31-26-18(3)23-15-24(20-10-8-12-22(14-20)29-5)27(19(23)4)21-11-7-9-17(2)13-21/h7-15H,6,16H2,1-5H3/b26-18+. The van der Waals surface area contributed by atoms with Crippen LogP contribution in [0.4, 0.5) is 0 Å². The normalized spacial score (nSPS) is 11.3. The first kappa shape index (κ1) is 22.2. The van der Waals surface area contributed by atoms with Crippen molar-refractivity contribution in [3.8, 4) is 22.7 Å². The summed E-state index contributed by atoms with van der Waals surface area (Å²) in [5, 5.41) is 4.15. The maximum atomic E-state index is 11.5. The lowest BCUT2D eigenvalue weighted by molar-refractivity contribution is -0.148. The molecule has 0 radical (unpaired) electrons. The van der Waals surface area contributed by atoms with Crippen molar-refractivity contribution in [1.82, 2.24) is 4.57 Å². The molecular weight excluding hydrogens is 392 g/mol. The molecule has 0 N–H and O–H groups in total. The van der Waals surface area contributed by atoms with Gasteiger partial charge in [0.2, 0.25) is 6.61 Å². The number of benzene rings is 2. The van der Waals surface area contributed by atoms with Crippen LogP contribution in [0.25, 0.3) is 16.9 Å². The highest BCUT2D eigenvalue weighted by molar-refractivity contribution is 6.01. The van der Waals surface area contributed by atoms with E-state index in [9.17, 15) is 4.79 Å². The molecule has 0 aliphatic rings. The molecule has 0 amide bonds. The summed E-state index contributed by atoms with van der Waals surface area (Å²) < 4.78 is 12.5. The third-order valence-electron chi connectivity index (χ3n) is 4.95. The van der Waals surface area contributed by atoms with Crippen LogP contribution in [0.15, 0.2) is 59.8 Å². The Kier molecular flexibility index (Phi) is 7.13. The Balaban J connectivity index is 2.06. The van der Waals surface area contributed by atoms with E-state index in [0.717, 1.165) is 34.0 Å². The Morgan fingerprint density at radius 3 is 2.55 bits per heavy atom. The Morgan fingerprint density at radius 1 is 1.06 bits per heavy atom. The predicted octanol–water partition coefficient (Wildman–Crippen LogP) is 5.07. The Bertz CT molecular complexity index is 1100. The highest BCUT2D eigenvalue weighted by Gasteiger charge is 2.18. The Labute approximate surface area is 183 Å². The van der Waals surface area contributed by atoms with E-state index in [1.807, 2.05) is 38.1 Å². The second-order valence-electron chi connectivity index (χ2n) is 7.19. The number of carbonyl (C=O) groups excluding carboxylic acids is 1. The first-order valence-corrected chi connectivity index (χ1v) is 10.2. The lowest BCUT2D eigenvalue weighted by atomic mass is 10.1. The summed E-state index contributed by atoms with van der Waals surface area (Å²) in [6.07, 6.45) is 0. The van der Waals surface area contributed by atoms with Crippen molar-refractivity contribution >= 4 is 11.7 Å². The molecule has 31 heavy (non-hydrogen) atoms. The summed E-state index contributed by atoms with van der Waals surface area (Å²) in [5.41, 5.74) is 6.89. The molecular formula is C25H28N2O4. The second-order valence-corrected chi connectivity index (χ2v) is 7.19. The van der Waals surface area contributed by atoms with Crippen molar-refractivity contribution in [3.05, 3.63) is 71.4 Å². The summed E-state index contributed by atoms with van der Waals surface area (Å²) in [5.74, 6) is 0.349. The lowest BCUT2D eigenvalue weighted by Crippen LogP contribution is -2.11. The van der Waals surface area contributed by atoms with Gasteiger partial charge in [-0.3, -0.25) is 0 Å². The van der Waals surface area contributed by atoms with Gasteiger partial charge in [-0.1, -0.05) is 29.4 Å². The summed E-state index contributed by atoms with van der Waals surface area (Å²) in [4.78, 5) is 16.7. The second kappa shape index (κ2) is 9.98. The number of hydrogen-bond donors (Lipinski definition) is 0. The fourth-order valence-corrected chi connectivity index (χ4v) is 3.50. The minimum atomic E-state index is -0.440. The maximum absolute atomic E-state index is 11.5. The van der Waals surface area contributed by atoms with E-state index in [0.29, 0.717) is 12.3 Å². The fraction of sp³-hybridized carbons (Fsp3) is 0.280. The number of aromatic nitrogens is 1. The molecule has 3 rings (SSSR count). The number of rotatable bonds is 8. The largest absolute Gasteiger partial charge is 0.497 e. The number of carbonyl (C=O) groups is 1. The number of methoxy groups -OCH3 is 1. The zero-order valence-electron chi connectivity index (χ0n) is 18.6. The third-order valence-corrected chi connectivity index (χ3v) is 4.95. The van der Waals surface area contributed by atoms with E-state index in [4.69, 9.17) is 14.3 Å². The number of ether oxygens (including phenoxy) is 2. The molecule has 2 aromatic carbocycles. The van der Waals surface area contributed by atoms with E-state index in [1.54, 1.807) is 14.0 Å². The number of hydrogen-bond acceptors (Lipinski definition) is 5. The SMILES string of the molecule is CCOC(=O)CO/N=C(\C)c1cc(-c2cccc(OC)c2)n(-c2cccc(C)c2)c1C. The number of esters is 1. The van der Waals surface area contributed by atoms with Gasteiger partial charge >= 0.3 is 5.97 Å². The number of oxime groups is 1. The lowest BCUT2D eigenvalue weighted by Gasteiger charge is -2.14. The van der Waals surface area contributed by atoms with Gasteiger partial charge in [-0.15, -0.1) is 0 Å². The molecule has 0 aliphatic heterocycles. The smallest absolute Gasteiger partial charge is 0.347 e. The summed E-state index contributed by atoms with van der Waals surface area (Å²) in [6.45, 7) is 7.84. The average molecular weight is 421 g/mol. The minimum absolute atomic E-state index is 0.217. The molecule has 0 spiro atoms. The monoisotopic (exact) mass is 420 g/mol. The first-order valence-electron chi connectivity index (χ1n) is 10.2. The van der Waals surface area contributed by atoms with Crippen LogP contribution >= 0.6 is 0 Å². The van der Waals surface area contributed by atoms with Crippen LogP contribution < -0.4 is 4.74 Å². The third kappa shape index (κ3) is 5.15. The van der Waals surface area contributed by atoms with Crippen molar-refractivity contribution < 1.29 is 19.1 Å². The highest BCUT2D eigenvalue weighted by Crippen LogP contribution is 2.32. The Hall–Kier alpha value is -3.54. The van der Waals surface area contributed by atoms with Crippen LogP contribution in [0.3, 0.4) is 0 Å². The molecule has 3 aromatic rings. The van der Waals surface area contributed by atoms with E-state index >= 15 is 0 Å². The molecule has 0 saturated carbocycles. The van der Waals surface area contributed by atoms with Gasteiger partial charge < -0.3 is 18.9 Å². The maximum Gasteiger partial charge on any atom is 0.347 e. The fourth-order valence-electron chi connectivity index (χ4n) is 3.50. The van der Waals surface area contributed by atoms with Crippen LogP contribution in [0.1, 0.15) is 30.7 Å². The van der Waals surface area contributed by atoms with Gasteiger partial charge in [-0.25, -0.2) is 4.79 Å². The van der Waals surface area contributed by atoms with Gasteiger partial charge in [-0.05, 0) is 63.6 Å². The quantitative estimate of drug-likeness (QED) is 0.290. The van der Waals surface area contributed by atoms with Crippen LogP contribution in [-0.2, 0) is 14.4 Å². The number of aryl methyl sites for hydroxylation is 1. The van der Waals surface area contributed by atoms with E-state index < -0.39 is 5.97 Å². The zero-order valence-corrected chi connectivity index (χ0v) is 18.6. The van der Waals surface area contributed by atoms with Crippen molar-refractivity contribution in [2.45, 2.75) is 27.7 Å². The molecule has 1 aromatic heterocycles. The Morgan fingerprint density at radius 2 is 1.84 bits per heavy atom. The van der Waals surface area contributed by atoms with Gasteiger partial charge in [0.05, 0.1) is 25.1 Å². The van der Waals surface area contributed by atoms with Gasteiger partial charge in [0.1, 0.15) is 5.75 Å². The minimum Gasteiger partial charge on any atom is -0.497 e. The number of nitrogens with zero attached hydrogens (tertiary/aromatic N) is 2. The summed E-state index contributed by atoms with van der Waals surface area (Å²) in [6, 6.07) is 18.4. The molecule has 0 aliphatic carbocycles. The molecule has 0 fully saturated rings. The van der Waals surface area contributed by atoms with Crippen LogP contribution in [0, 0.1) is 13.8 Å². The van der Waals surface area contributed by atoms with Crippen LogP contribution in [0.5, 0.6) is 5.75 Å². The van der Waals surface area contributed by atoms with E-state index in [2.05, 4.69) is 47.0 Å². The molecule has 6 heteroatoms. The first-order chi connectivity index (χ1) is 14.9. The van der Waals surface area contributed by atoms with Crippen molar-refractivity contribution in [3.63, 3.8) is 0 Å². The van der Waals surface area contributed by atoms with Gasteiger partial charge in [0.25, 0.3) is 0 Å². The molecule has 6 nitrogen and oxygen atoms in total. The van der Waals surface area contributed by atoms with E-state index in [-0.39, 0.29) is 6.61 Å². The van der Waals surface area contributed by atoms with Gasteiger partial charge in [0.15, 0.2) is 0 Å². The molecule has 162 valence electrons. The summed E-state index contributed by atoms with van der Waals surface area (Å²) >= 11 is 0. The molecule has 1 heterocycles. The predicted molar refractivity (Wildman–Crippen MR) is 122 cm³/mol. The zero-order chi connectivity index (χ0) is 22.4. The summed E-state index contributed by atoms with van der Waals surface area (Å²) in [7, 11) is 1.66. The van der Waals surface area contributed by atoms with Crippen LogP contribution in [0.2, 0.25) is 0 Å². The molecule has 0 unspecified atom stereocenters. The average Bonchev–Trinajstić information content (AvgIpc) is 3.11.